The van der Waals surface area contributed by atoms with Gasteiger partial charge in [-0.25, -0.2) is 0 Å². The molecular formula is C15H22N2O. The van der Waals surface area contributed by atoms with E-state index in [2.05, 4.69) is 36.0 Å². The highest BCUT2D eigenvalue weighted by molar-refractivity contribution is 5.86. The molecule has 2 rings (SSSR count). The van der Waals surface area contributed by atoms with Crippen LogP contribution < -0.4 is 10.1 Å². The van der Waals surface area contributed by atoms with Crippen molar-refractivity contribution < 1.29 is 4.74 Å². The number of benzene rings is 1. The quantitative estimate of drug-likeness (QED) is 0.821. The van der Waals surface area contributed by atoms with Gasteiger partial charge >= 0.3 is 0 Å². The van der Waals surface area contributed by atoms with Crippen molar-refractivity contribution in [3.63, 3.8) is 0 Å². The Balaban J connectivity index is 2.45. The fraction of sp³-hybridized carbons (Fsp3) is 0.467. The molecule has 0 saturated heterocycles. The molecule has 18 heavy (non-hydrogen) atoms. The van der Waals surface area contributed by atoms with E-state index in [1.165, 1.54) is 22.2 Å². The van der Waals surface area contributed by atoms with Crippen LogP contribution in [-0.2, 0) is 13.5 Å². The zero-order chi connectivity index (χ0) is 13.1. The van der Waals surface area contributed by atoms with Gasteiger partial charge in [0, 0.05) is 23.6 Å². The monoisotopic (exact) mass is 246 g/mol. The summed E-state index contributed by atoms with van der Waals surface area (Å²) < 4.78 is 7.60. The van der Waals surface area contributed by atoms with Crippen molar-refractivity contribution in [2.45, 2.75) is 19.8 Å². The van der Waals surface area contributed by atoms with Crippen LogP contribution >= 0.6 is 0 Å². The van der Waals surface area contributed by atoms with Gasteiger partial charge in [-0.15, -0.1) is 0 Å². The first-order chi connectivity index (χ1) is 8.69. The summed E-state index contributed by atoms with van der Waals surface area (Å²) in [6.45, 7) is 3.25. The molecule has 1 heterocycles. The number of aromatic nitrogens is 1. The summed E-state index contributed by atoms with van der Waals surface area (Å²) in [5.41, 5.74) is 4.09. The molecule has 0 amide bonds. The zero-order valence-corrected chi connectivity index (χ0v) is 11.7. The Kier molecular flexibility index (Phi) is 3.92. The third kappa shape index (κ3) is 2.23. The maximum absolute atomic E-state index is 5.33. The van der Waals surface area contributed by atoms with Gasteiger partial charge in [0.1, 0.15) is 5.75 Å². The van der Waals surface area contributed by atoms with Gasteiger partial charge < -0.3 is 14.6 Å². The smallest absolute Gasteiger partial charge is 0.119 e. The molecule has 3 nitrogen and oxygen atoms in total. The molecule has 0 aliphatic heterocycles. The van der Waals surface area contributed by atoms with E-state index in [0.717, 1.165) is 25.1 Å². The molecule has 0 bridgehead atoms. The lowest BCUT2D eigenvalue weighted by Gasteiger charge is -2.03. The molecule has 1 N–H and O–H groups in total. The molecule has 0 aliphatic rings. The molecule has 1 aromatic carbocycles. The Morgan fingerprint density at radius 2 is 2.11 bits per heavy atom. The summed E-state index contributed by atoms with van der Waals surface area (Å²) in [6, 6.07) is 6.32. The van der Waals surface area contributed by atoms with Gasteiger partial charge in [-0.05, 0) is 57.1 Å². The number of hydrogen-bond acceptors (Lipinski definition) is 2. The lowest BCUT2D eigenvalue weighted by molar-refractivity contribution is 0.415. The first kappa shape index (κ1) is 13.0. The molecule has 98 valence electrons. The topological polar surface area (TPSA) is 26.2 Å². The highest BCUT2D eigenvalue weighted by atomic mass is 16.5. The van der Waals surface area contributed by atoms with Gasteiger partial charge in [0.25, 0.3) is 0 Å². The highest BCUT2D eigenvalue weighted by Crippen LogP contribution is 2.29. The Hall–Kier alpha value is -1.48. The number of ether oxygens (including phenoxy) is 1. The second-order valence-electron chi connectivity index (χ2n) is 4.71. The molecule has 0 unspecified atom stereocenters. The van der Waals surface area contributed by atoms with E-state index in [4.69, 9.17) is 4.74 Å². The summed E-state index contributed by atoms with van der Waals surface area (Å²) in [4.78, 5) is 0. The van der Waals surface area contributed by atoms with Crippen LogP contribution in [0.5, 0.6) is 5.75 Å². The summed E-state index contributed by atoms with van der Waals surface area (Å²) >= 11 is 0. The van der Waals surface area contributed by atoms with Crippen LogP contribution in [0.25, 0.3) is 10.9 Å². The maximum Gasteiger partial charge on any atom is 0.119 e. The standard InChI is InChI=1S/C15H22N2O/c1-11-13(6-5-9-16-2)14-10-12(18-4)7-8-15(14)17(11)3/h7-8,10,16H,5-6,9H2,1-4H3. The zero-order valence-electron chi connectivity index (χ0n) is 11.7. The normalized spacial score (nSPS) is 11.1. The van der Waals surface area contributed by atoms with Gasteiger partial charge in [-0.1, -0.05) is 0 Å². The minimum absolute atomic E-state index is 0.933. The molecule has 2 aromatic rings. The fourth-order valence-corrected chi connectivity index (χ4v) is 2.51. The first-order valence-corrected chi connectivity index (χ1v) is 6.45. The average molecular weight is 246 g/mol. The Bertz CT molecular complexity index is 543. The molecule has 0 aliphatic carbocycles. The lowest BCUT2D eigenvalue weighted by Crippen LogP contribution is -2.08. The minimum atomic E-state index is 0.933. The van der Waals surface area contributed by atoms with E-state index in [0.29, 0.717) is 0 Å². The summed E-state index contributed by atoms with van der Waals surface area (Å²) in [6.07, 6.45) is 2.27. The van der Waals surface area contributed by atoms with Crippen LogP contribution in [0.4, 0.5) is 0 Å². The van der Waals surface area contributed by atoms with Gasteiger partial charge in [0.05, 0.1) is 7.11 Å². The van der Waals surface area contributed by atoms with Crippen LogP contribution in [0.15, 0.2) is 18.2 Å². The van der Waals surface area contributed by atoms with E-state index < -0.39 is 0 Å². The second kappa shape index (κ2) is 5.44. The van der Waals surface area contributed by atoms with Crippen molar-refractivity contribution >= 4 is 10.9 Å². The third-order valence-electron chi connectivity index (χ3n) is 3.68. The van der Waals surface area contributed by atoms with Crippen LogP contribution in [-0.4, -0.2) is 25.3 Å². The second-order valence-corrected chi connectivity index (χ2v) is 4.71. The van der Waals surface area contributed by atoms with Gasteiger partial charge in [-0.2, -0.15) is 0 Å². The molecule has 1 aromatic heterocycles. The molecular weight excluding hydrogens is 224 g/mol. The number of rotatable bonds is 5. The van der Waals surface area contributed by atoms with Crippen molar-refractivity contribution in [3.05, 3.63) is 29.5 Å². The van der Waals surface area contributed by atoms with Crippen LogP contribution in [0, 0.1) is 6.92 Å². The predicted molar refractivity (Wildman–Crippen MR) is 76.5 cm³/mol. The van der Waals surface area contributed by atoms with Crippen LogP contribution in [0.2, 0.25) is 0 Å². The Labute approximate surface area is 109 Å². The Morgan fingerprint density at radius 3 is 2.78 bits per heavy atom. The average Bonchev–Trinajstić information content (AvgIpc) is 2.63. The number of nitrogens with one attached hydrogen (secondary N) is 1. The highest BCUT2D eigenvalue weighted by Gasteiger charge is 2.12. The number of fused-ring (bicyclic) bond motifs is 1. The molecule has 0 fully saturated rings. The summed E-state index contributed by atoms with van der Waals surface area (Å²) in [7, 11) is 5.85. The largest absolute Gasteiger partial charge is 0.497 e. The molecule has 3 heteroatoms. The number of methoxy groups -OCH3 is 1. The van der Waals surface area contributed by atoms with Gasteiger partial charge in [0.2, 0.25) is 0 Å². The minimum Gasteiger partial charge on any atom is -0.497 e. The van der Waals surface area contributed by atoms with Crippen LogP contribution in [0.1, 0.15) is 17.7 Å². The van der Waals surface area contributed by atoms with E-state index in [9.17, 15) is 0 Å². The van der Waals surface area contributed by atoms with Crippen molar-refractivity contribution in [1.82, 2.24) is 9.88 Å². The third-order valence-corrected chi connectivity index (χ3v) is 3.68. The van der Waals surface area contributed by atoms with E-state index in [-0.39, 0.29) is 0 Å². The van der Waals surface area contributed by atoms with Crippen molar-refractivity contribution in [2.24, 2.45) is 7.05 Å². The lowest BCUT2D eigenvalue weighted by atomic mass is 10.1. The molecule has 0 saturated carbocycles. The van der Waals surface area contributed by atoms with Gasteiger partial charge in [-0.3, -0.25) is 0 Å². The van der Waals surface area contributed by atoms with E-state index in [1.54, 1.807) is 7.11 Å². The van der Waals surface area contributed by atoms with Crippen LogP contribution in [0.3, 0.4) is 0 Å². The predicted octanol–water partition coefficient (Wildman–Crippen LogP) is 2.65. The Morgan fingerprint density at radius 1 is 1.33 bits per heavy atom. The summed E-state index contributed by atoms with van der Waals surface area (Å²) in [5, 5.41) is 4.53. The summed E-state index contributed by atoms with van der Waals surface area (Å²) in [5.74, 6) is 0.933. The maximum atomic E-state index is 5.33. The first-order valence-electron chi connectivity index (χ1n) is 6.45. The van der Waals surface area contributed by atoms with Crippen molar-refractivity contribution in [3.8, 4) is 5.75 Å². The van der Waals surface area contributed by atoms with Crippen molar-refractivity contribution in [1.29, 1.82) is 0 Å². The van der Waals surface area contributed by atoms with E-state index >= 15 is 0 Å². The van der Waals surface area contributed by atoms with E-state index in [1.807, 2.05) is 13.1 Å². The number of hydrogen-bond donors (Lipinski definition) is 1. The SMILES string of the molecule is CNCCCc1c(C)n(C)c2ccc(OC)cc12. The fourth-order valence-electron chi connectivity index (χ4n) is 2.51. The van der Waals surface area contributed by atoms with Gasteiger partial charge in [0.15, 0.2) is 0 Å². The van der Waals surface area contributed by atoms with Crippen molar-refractivity contribution in [2.75, 3.05) is 20.7 Å². The molecule has 0 spiro atoms. The number of nitrogens with zero attached hydrogens (tertiary/aromatic N) is 1. The molecule has 0 atom stereocenters. The number of aryl methyl sites for hydroxylation is 2. The molecule has 0 radical (unpaired) electrons.